The molecular formula is C20H15F3N2O3S. The van der Waals surface area contributed by atoms with E-state index in [0.29, 0.717) is 17.3 Å². The molecule has 0 bridgehead atoms. The molecule has 0 radical (unpaired) electrons. The van der Waals surface area contributed by atoms with Gasteiger partial charge in [-0.2, -0.15) is 13.2 Å². The van der Waals surface area contributed by atoms with Gasteiger partial charge in [-0.25, -0.2) is 8.42 Å². The summed E-state index contributed by atoms with van der Waals surface area (Å²) in [6.07, 6.45) is -2.51. The second-order valence-corrected chi connectivity index (χ2v) is 8.24. The van der Waals surface area contributed by atoms with Crippen LogP contribution in [0.25, 0.3) is 11.3 Å². The number of pyridine rings is 1. The molecule has 0 aliphatic rings. The molecule has 1 amide bonds. The lowest BCUT2D eigenvalue weighted by atomic mass is 10.1. The van der Waals surface area contributed by atoms with E-state index in [1.807, 2.05) is 0 Å². The Hall–Kier alpha value is -3.20. The van der Waals surface area contributed by atoms with Crippen LogP contribution in [0.3, 0.4) is 0 Å². The number of carbonyl (C=O) groups is 1. The summed E-state index contributed by atoms with van der Waals surface area (Å²) in [5.41, 5.74) is -0.408. The molecule has 5 nitrogen and oxygen atoms in total. The minimum absolute atomic E-state index is 0.276. The van der Waals surface area contributed by atoms with Crippen LogP contribution in [0.5, 0.6) is 0 Å². The number of amides is 1. The molecule has 0 saturated heterocycles. The largest absolute Gasteiger partial charge is 0.417 e. The number of aromatic nitrogens is 1. The molecule has 0 aliphatic heterocycles. The Morgan fingerprint density at radius 1 is 1.00 bits per heavy atom. The first-order valence-corrected chi connectivity index (χ1v) is 10.2. The van der Waals surface area contributed by atoms with Gasteiger partial charge in [0.25, 0.3) is 5.91 Å². The van der Waals surface area contributed by atoms with Crippen molar-refractivity contribution in [2.75, 3.05) is 11.6 Å². The fourth-order valence-corrected chi connectivity index (χ4v) is 3.32. The van der Waals surface area contributed by atoms with Crippen LogP contribution in [0.4, 0.5) is 18.9 Å². The van der Waals surface area contributed by atoms with Gasteiger partial charge in [0.05, 0.1) is 21.7 Å². The maximum atomic E-state index is 13.4. The quantitative estimate of drug-likeness (QED) is 0.678. The molecule has 3 rings (SSSR count). The number of nitrogens with one attached hydrogen (secondary N) is 1. The van der Waals surface area contributed by atoms with Crippen molar-refractivity contribution in [1.82, 2.24) is 4.98 Å². The molecular weight excluding hydrogens is 405 g/mol. The van der Waals surface area contributed by atoms with Crippen molar-refractivity contribution in [3.63, 3.8) is 0 Å². The van der Waals surface area contributed by atoms with Crippen LogP contribution in [0.2, 0.25) is 0 Å². The highest BCUT2D eigenvalue weighted by molar-refractivity contribution is 7.90. The number of sulfone groups is 1. The lowest BCUT2D eigenvalue weighted by Crippen LogP contribution is -2.19. The van der Waals surface area contributed by atoms with Crippen LogP contribution in [0.15, 0.2) is 71.8 Å². The van der Waals surface area contributed by atoms with E-state index in [9.17, 15) is 26.4 Å². The highest BCUT2D eigenvalue weighted by Gasteiger charge is 2.36. The van der Waals surface area contributed by atoms with Crippen molar-refractivity contribution in [3.8, 4) is 11.3 Å². The van der Waals surface area contributed by atoms with E-state index in [1.165, 1.54) is 6.07 Å². The van der Waals surface area contributed by atoms with E-state index < -0.39 is 37.9 Å². The van der Waals surface area contributed by atoms with Gasteiger partial charge in [0.2, 0.25) is 0 Å². The van der Waals surface area contributed by atoms with E-state index >= 15 is 0 Å². The minimum Gasteiger partial charge on any atom is -0.322 e. The van der Waals surface area contributed by atoms with Crippen molar-refractivity contribution in [2.45, 2.75) is 11.1 Å². The van der Waals surface area contributed by atoms with Crippen molar-refractivity contribution >= 4 is 21.4 Å². The van der Waals surface area contributed by atoms with E-state index in [1.54, 1.807) is 42.6 Å². The number of benzene rings is 2. The summed E-state index contributed by atoms with van der Waals surface area (Å²) < 4.78 is 63.4. The molecule has 0 saturated carbocycles. The van der Waals surface area contributed by atoms with Gasteiger partial charge in [-0.05, 0) is 42.5 Å². The smallest absolute Gasteiger partial charge is 0.322 e. The van der Waals surface area contributed by atoms with Crippen molar-refractivity contribution < 1.29 is 26.4 Å². The molecule has 2 aromatic carbocycles. The fraction of sp³-hybridized carbons (Fsp3) is 0.100. The monoisotopic (exact) mass is 420 g/mol. The predicted molar refractivity (Wildman–Crippen MR) is 102 cm³/mol. The first kappa shape index (κ1) is 20.5. The third kappa shape index (κ3) is 4.80. The van der Waals surface area contributed by atoms with Crippen LogP contribution in [0, 0.1) is 0 Å². The maximum absolute atomic E-state index is 13.4. The zero-order valence-electron chi connectivity index (χ0n) is 15.1. The van der Waals surface area contributed by atoms with Crippen molar-refractivity contribution in [1.29, 1.82) is 0 Å². The van der Waals surface area contributed by atoms with E-state index in [-0.39, 0.29) is 5.69 Å². The molecule has 9 heteroatoms. The van der Waals surface area contributed by atoms with Crippen molar-refractivity contribution in [3.05, 3.63) is 78.0 Å². The molecule has 1 N–H and O–H groups in total. The van der Waals surface area contributed by atoms with Gasteiger partial charge in [-0.3, -0.25) is 9.78 Å². The summed E-state index contributed by atoms with van der Waals surface area (Å²) >= 11 is 0. The van der Waals surface area contributed by atoms with E-state index in [4.69, 9.17) is 0 Å². The lowest BCUT2D eigenvalue weighted by Gasteiger charge is -2.14. The average Bonchev–Trinajstić information content (AvgIpc) is 2.67. The summed E-state index contributed by atoms with van der Waals surface area (Å²) in [4.78, 5) is 16.2. The lowest BCUT2D eigenvalue weighted by molar-refractivity contribution is -0.138. The van der Waals surface area contributed by atoms with Crippen LogP contribution in [-0.2, 0) is 16.0 Å². The number of hydrogen-bond acceptors (Lipinski definition) is 4. The summed E-state index contributed by atoms with van der Waals surface area (Å²) in [5, 5.41) is 2.42. The Balaban J connectivity index is 1.96. The van der Waals surface area contributed by atoms with Gasteiger partial charge >= 0.3 is 6.18 Å². The molecule has 1 aromatic heterocycles. The second kappa shape index (κ2) is 7.67. The van der Waals surface area contributed by atoms with Gasteiger partial charge in [-0.15, -0.1) is 0 Å². The SMILES string of the molecule is CS(=O)(=O)c1ccc(C(=O)Nc2cccc(-c3ccccn3)c2)c(C(F)(F)F)c1. The molecule has 150 valence electrons. The number of anilines is 1. The minimum atomic E-state index is -4.90. The first-order valence-electron chi connectivity index (χ1n) is 8.30. The summed E-state index contributed by atoms with van der Waals surface area (Å²) in [5.74, 6) is -1.00. The van der Waals surface area contributed by atoms with Crippen LogP contribution >= 0.6 is 0 Å². The highest BCUT2D eigenvalue weighted by Crippen LogP contribution is 2.34. The van der Waals surface area contributed by atoms with Crippen LogP contribution in [-0.4, -0.2) is 25.6 Å². The summed E-state index contributed by atoms with van der Waals surface area (Å²) in [7, 11) is -3.86. The zero-order valence-corrected chi connectivity index (χ0v) is 15.9. The number of alkyl halides is 3. The number of halogens is 3. The summed E-state index contributed by atoms with van der Waals surface area (Å²) in [6, 6.07) is 14.1. The van der Waals surface area contributed by atoms with Gasteiger partial charge in [0.1, 0.15) is 0 Å². The normalized spacial score (nSPS) is 11.9. The van der Waals surface area contributed by atoms with Gasteiger partial charge in [0.15, 0.2) is 9.84 Å². The Labute approximate surface area is 165 Å². The second-order valence-electron chi connectivity index (χ2n) is 6.23. The van der Waals surface area contributed by atoms with Crippen LogP contribution < -0.4 is 5.32 Å². The molecule has 0 atom stereocenters. The summed E-state index contributed by atoms with van der Waals surface area (Å²) in [6.45, 7) is 0. The van der Waals surface area contributed by atoms with E-state index in [2.05, 4.69) is 10.3 Å². The Morgan fingerprint density at radius 3 is 2.38 bits per heavy atom. The first-order chi connectivity index (χ1) is 13.6. The molecule has 0 spiro atoms. The highest BCUT2D eigenvalue weighted by atomic mass is 32.2. The zero-order chi connectivity index (χ0) is 21.2. The molecule has 0 fully saturated rings. The molecule has 0 aliphatic carbocycles. The third-order valence-electron chi connectivity index (χ3n) is 4.05. The number of nitrogens with zero attached hydrogens (tertiary/aromatic N) is 1. The molecule has 0 unspecified atom stereocenters. The molecule has 29 heavy (non-hydrogen) atoms. The number of rotatable bonds is 4. The number of carbonyl (C=O) groups excluding carboxylic acids is 1. The Kier molecular flexibility index (Phi) is 5.43. The Morgan fingerprint density at radius 2 is 1.76 bits per heavy atom. The number of hydrogen-bond donors (Lipinski definition) is 1. The predicted octanol–water partition coefficient (Wildman–Crippen LogP) is 4.42. The molecule has 3 aromatic rings. The van der Waals surface area contributed by atoms with E-state index in [0.717, 1.165) is 18.4 Å². The molecule has 1 heterocycles. The topological polar surface area (TPSA) is 76.1 Å². The fourth-order valence-electron chi connectivity index (χ4n) is 2.67. The van der Waals surface area contributed by atoms with Gasteiger partial charge in [0, 0.05) is 23.7 Å². The Bertz CT molecular complexity index is 1160. The van der Waals surface area contributed by atoms with Gasteiger partial charge < -0.3 is 5.32 Å². The standard InChI is InChI=1S/C20H15F3N2O3S/c1-29(27,28)15-8-9-16(17(12-15)20(21,22)23)19(26)25-14-6-4-5-13(11-14)18-7-2-3-10-24-18/h2-12H,1H3,(H,25,26). The third-order valence-corrected chi connectivity index (χ3v) is 5.16. The maximum Gasteiger partial charge on any atom is 0.417 e. The van der Waals surface area contributed by atoms with Crippen LogP contribution in [0.1, 0.15) is 15.9 Å². The van der Waals surface area contributed by atoms with Gasteiger partial charge in [-0.1, -0.05) is 18.2 Å². The average molecular weight is 420 g/mol. The van der Waals surface area contributed by atoms with Crippen molar-refractivity contribution in [2.24, 2.45) is 0 Å².